The Kier molecular flexibility index (Phi) is 11.8. The monoisotopic (exact) mass is 687 g/mol. The summed E-state index contributed by atoms with van der Waals surface area (Å²) in [4.78, 5) is 30.5. The van der Waals surface area contributed by atoms with Crippen molar-refractivity contribution in [1.29, 1.82) is 0 Å². The third-order valence-electron chi connectivity index (χ3n) is 8.71. The topological polar surface area (TPSA) is 96.0 Å². The first-order chi connectivity index (χ1) is 23.1. The van der Waals surface area contributed by atoms with Crippen molar-refractivity contribution in [3.63, 3.8) is 0 Å². The summed E-state index contributed by atoms with van der Waals surface area (Å²) in [5, 5.41) is 3.63. The van der Waals surface area contributed by atoms with Crippen LogP contribution in [0.15, 0.2) is 108 Å². The Bertz CT molecular complexity index is 1780. The Balaban J connectivity index is 1.57. The first-order valence-electron chi connectivity index (χ1n) is 16.3. The number of aryl methyl sites for hydroxylation is 1. The molecule has 0 aromatic heterocycles. The van der Waals surface area contributed by atoms with Gasteiger partial charge >= 0.3 is 0 Å². The number of halogens is 1. The van der Waals surface area contributed by atoms with Crippen LogP contribution in [0, 0.1) is 6.92 Å². The molecular formula is C38H42ClN3O5S. The molecule has 1 fully saturated rings. The lowest BCUT2D eigenvalue weighted by molar-refractivity contribution is -0.140. The number of sulfonamides is 1. The number of rotatable bonds is 13. The number of benzene rings is 4. The largest absolute Gasteiger partial charge is 0.497 e. The van der Waals surface area contributed by atoms with E-state index in [0.717, 1.165) is 53.1 Å². The molecule has 1 N–H and O–H groups in total. The van der Waals surface area contributed by atoms with Gasteiger partial charge in [-0.1, -0.05) is 91.0 Å². The molecule has 48 heavy (non-hydrogen) atoms. The minimum absolute atomic E-state index is 0.00417. The number of anilines is 1. The number of carbonyl (C=O) groups excluding carboxylic acids is 2. The third-order valence-corrected chi connectivity index (χ3v) is 10.8. The van der Waals surface area contributed by atoms with E-state index < -0.39 is 28.5 Å². The predicted molar refractivity (Wildman–Crippen MR) is 190 cm³/mol. The molecule has 1 saturated carbocycles. The van der Waals surface area contributed by atoms with E-state index in [-0.39, 0.29) is 29.8 Å². The van der Waals surface area contributed by atoms with Crippen LogP contribution in [0.1, 0.15) is 48.8 Å². The fourth-order valence-electron chi connectivity index (χ4n) is 6.04. The number of amides is 2. The lowest BCUT2D eigenvalue weighted by atomic mass is 9.94. The van der Waals surface area contributed by atoms with E-state index in [4.69, 9.17) is 16.3 Å². The summed E-state index contributed by atoms with van der Waals surface area (Å²) in [5.74, 6) is -0.169. The predicted octanol–water partition coefficient (Wildman–Crippen LogP) is 6.94. The van der Waals surface area contributed by atoms with Gasteiger partial charge in [-0.3, -0.25) is 13.9 Å². The molecule has 0 heterocycles. The lowest BCUT2D eigenvalue weighted by Gasteiger charge is -2.35. The molecule has 4 aromatic carbocycles. The van der Waals surface area contributed by atoms with Crippen LogP contribution in [-0.2, 0) is 32.6 Å². The van der Waals surface area contributed by atoms with Crippen LogP contribution in [0.2, 0.25) is 5.02 Å². The summed E-state index contributed by atoms with van der Waals surface area (Å²) in [6.45, 7) is 1.44. The van der Waals surface area contributed by atoms with Crippen molar-refractivity contribution >= 4 is 39.1 Å². The van der Waals surface area contributed by atoms with Gasteiger partial charge in [0.05, 0.1) is 17.7 Å². The van der Waals surface area contributed by atoms with E-state index in [0.29, 0.717) is 16.5 Å². The van der Waals surface area contributed by atoms with Gasteiger partial charge in [-0.2, -0.15) is 0 Å². The lowest BCUT2D eigenvalue weighted by Crippen LogP contribution is -2.55. The number of methoxy groups -OCH3 is 1. The fourth-order valence-corrected chi connectivity index (χ4v) is 7.58. The maximum absolute atomic E-state index is 14.7. The zero-order chi connectivity index (χ0) is 34.1. The minimum atomic E-state index is -4.22. The Hall–Kier alpha value is -4.34. The van der Waals surface area contributed by atoms with Crippen molar-refractivity contribution in [3.8, 4) is 5.75 Å². The molecule has 4 aromatic rings. The minimum Gasteiger partial charge on any atom is -0.497 e. The quantitative estimate of drug-likeness (QED) is 0.164. The number of ether oxygens (including phenoxy) is 1. The van der Waals surface area contributed by atoms with Gasteiger partial charge in [0.1, 0.15) is 18.3 Å². The number of nitrogens with one attached hydrogen (secondary N) is 1. The summed E-state index contributed by atoms with van der Waals surface area (Å²) in [6.07, 6.45) is 5.23. The van der Waals surface area contributed by atoms with Crippen molar-refractivity contribution in [3.05, 3.63) is 125 Å². The van der Waals surface area contributed by atoms with Crippen molar-refractivity contribution < 1.29 is 22.7 Å². The van der Waals surface area contributed by atoms with Crippen molar-refractivity contribution in [2.24, 2.45) is 0 Å². The molecule has 8 nitrogen and oxygen atoms in total. The zero-order valence-electron chi connectivity index (χ0n) is 27.3. The van der Waals surface area contributed by atoms with E-state index in [1.165, 1.54) is 29.2 Å². The SMILES string of the molecule is COc1cccc(CN(C(=O)CN(c2ccc(C)cc2)S(=O)(=O)c2ccc(Cl)cc2)[C@@H](Cc2ccccc2)C(=O)NC2CCCCC2)c1. The summed E-state index contributed by atoms with van der Waals surface area (Å²) in [5.41, 5.74) is 2.90. The molecule has 0 aliphatic heterocycles. The summed E-state index contributed by atoms with van der Waals surface area (Å²) in [7, 11) is -2.65. The van der Waals surface area contributed by atoms with Crippen molar-refractivity contribution in [2.75, 3.05) is 18.0 Å². The molecule has 1 atom stereocenters. The maximum atomic E-state index is 14.7. The normalized spacial score (nSPS) is 14.1. The molecule has 0 unspecified atom stereocenters. The van der Waals surface area contributed by atoms with Gasteiger partial charge < -0.3 is 15.0 Å². The third kappa shape index (κ3) is 8.96. The standard InChI is InChI=1S/C38H42ClN3O5S/c1-28-16-20-33(21-17-28)42(48(45,46)35-22-18-31(39)19-23-35)27-37(43)41(26-30-12-9-15-34(24-30)47-2)36(25-29-10-5-3-6-11-29)38(44)40-32-13-7-4-8-14-32/h3,5-6,9-12,15-24,32,36H,4,7-8,13-14,25-27H2,1-2H3,(H,40,44)/t36-/m0/s1. The van der Waals surface area contributed by atoms with Gasteiger partial charge in [-0.25, -0.2) is 8.42 Å². The zero-order valence-corrected chi connectivity index (χ0v) is 28.9. The number of hydrogen-bond donors (Lipinski definition) is 1. The Morgan fingerprint density at radius 1 is 0.875 bits per heavy atom. The average Bonchev–Trinajstić information content (AvgIpc) is 3.10. The molecule has 5 rings (SSSR count). The smallest absolute Gasteiger partial charge is 0.264 e. The highest BCUT2D eigenvalue weighted by Gasteiger charge is 2.35. The average molecular weight is 688 g/mol. The Labute approximate surface area is 288 Å². The molecule has 0 bridgehead atoms. The van der Waals surface area contributed by atoms with Crippen LogP contribution in [0.4, 0.5) is 5.69 Å². The first kappa shape index (κ1) is 35.0. The molecule has 1 aliphatic carbocycles. The van der Waals surface area contributed by atoms with Gasteiger partial charge in [0.2, 0.25) is 11.8 Å². The molecule has 252 valence electrons. The van der Waals surface area contributed by atoms with Crippen LogP contribution in [0.3, 0.4) is 0 Å². The van der Waals surface area contributed by atoms with Crippen molar-refractivity contribution in [1.82, 2.24) is 10.2 Å². The highest BCUT2D eigenvalue weighted by atomic mass is 35.5. The molecule has 2 amide bonds. The van der Waals surface area contributed by atoms with Gasteiger partial charge in [-0.15, -0.1) is 0 Å². The molecule has 0 spiro atoms. The molecule has 0 radical (unpaired) electrons. The van der Waals surface area contributed by atoms with E-state index in [1.807, 2.05) is 61.5 Å². The highest BCUT2D eigenvalue weighted by molar-refractivity contribution is 7.92. The van der Waals surface area contributed by atoms with Gasteiger partial charge in [0, 0.05) is 24.0 Å². The number of nitrogens with zero attached hydrogens (tertiary/aromatic N) is 2. The second kappa shape index (κ2) is 16.2. The van der Waals surface area contributed by atoms with Crippen LogP contribution < -0.4 is 14.4 Å². The van der Waals surface area contributed by atoms with Gasteiger partial charge in [0.15, 0.2) is 0 Å². The number of hydrogen-bond acceptors (Lipinski definition) is 5. The first-order valence-corrected chi connectivity index (χ1v) is 18.1. The summed E-state index contributed by atoms with van der Waals surface area (Å²) >= 11 is 6.08. The van der Waals surface area contributed by atoms with Crippen molar-refractivity contribution in [2.45, 2.75) is 69.0 Å². The van der Waals surface area contributed by atoms with Crippen LogP contribution in [-0.4, -0.2) is 50.9 Å². The second-order valence-electron chi connectivity index (χ2n) is 12.2. The van der Waals surface area contributed by atoms with E-state index in [9.17, 15) is 18.0 Å². The number of carbonyl (C=O) groups is 2. The maximum Gasteiger partial charge on any atom is 0.264 e. The fraction of sp³-hybridized carbons (Fsp3) is 0.316. The van der Waals surface area contributed by atoms with Crippen LogP contribution in [0.25, 0.3) is 0 Å². The van der Waals surface area contributed by atoms with Gasteiger partial charge in [-0.05, 0) is 79.4 Å². The molecular weight excluding hydrogens is 646 g/mol. The summed E-state index contributed by atoms with van der Waals surface area (Å²) < 4.78 is 35.0. The summed E-state index contributed by atoms with van der Waals surface area (Å²) in [6, 6.07) is 28.8. The van der Waals surface area contributed by atoms with E-state index >= 15 is 0 Å². The molecule has 0 saturated heterocycles. The molecule has 1 aliphatic rings. The Morgan fingerprint density at radius 3 is 2.21 bits per heavy atom. The second-order valence-corrected chi connectivity index (χ2v) is 14.5. The molecule has 10 heteroatoms. The van der Waals surface area contributed by atoms with Crippen LogP contribution in [0.5, 0.6) is 5.75 Å². The highest BCUT2D eigenvalue weighted by Crippen LogP contribution is 2.27. The van der Waals surface area contributed by atoms with Crippen LogP contribution >= 0.6 is 11.6 Å². The Morgan fingerprint density at radius 2 is 1.54 bits per heavy atom. The van der Waals surface area contributed by atoms with E-state index in [2.05, 4.69) is 5.32 Å². The van der Waals surface area contributed by atoms with Gasteiger partial charge in [0.25, 0.3) is 10.0 Å². The van der Waals surface area contributed by atoms with E-state index in [1.54, 1.807) is 31.4 Å².